The molecule has 0 saturated heterocycles. The van der Waals surface area contributed by atoms with Gasteiger partial charge in [-0.15, -0.1) is 0 Å². The summed E-state index contributed by atoms with van der Waals surface area (Å²) in [7, 11) is 0. The Morgan fingerprint density at radius 2 is 1.31 bits per heavy atom. The first kappa shape index (κ1) is 16.9. The van der Waals surface area contributed by atoms with Crippen molar-refractivity contribution in [2.75, 3.05) is 0 Å². The molecule has 0 saturated carbocycles. The van der Waals surface area contributed by atoms with Gasteiger partial charge in [-0.05, 0) is 0 Å². The zero-order chi connectivity index (χ0) is 12.4. The molecular weight excluding hydrogens is 310 g/mol. The Morgan fingerprint density at radius 1 is 0.938 bits per heavy atom. The van der Waals surface area contributed by atoms with Crippen molar-refractivity contribution >= 4 is 37.0 Å². The molecule has 0 fully saturated rings. The molecule has 0 heterocycles. The number of hydrogen-bond donors (Lipinski definition) is 0. The Kier molecular flexibility index (Phi) is 11.6. The van der Waals surface area contributed by atoms with Gasteiger partial charge in [-0.25, -0.2) is 0 Å². The topological polar surface area (TPSA) is 17.1 Å². The van der Waals surface area contributed by atoms with E-state index in [1.807, 2.05) is 0 Å². The van der Waals surface area contributed by atoms with Crippen LogP contribution in [0.25, 0.3) is 0 Å². The fourth-order valence-electron chi connectivity index (χ4n) is 1.49. The minimum absolute atomic E-state index is 0.0949. The van der Waals surface area contributed by atoms with Gasteiger partial charge in [-0.3, -0.25) is 0 Å². The Balaban J connectivity index is 3.63. The van der Waals surface area contributed by atoms with Crippen LogP contribution in [0.3, 0.4) is 0 Å². The van der Waals surface area contributed by atoms with Gasteiger partial charge in [0.05, 0.1) is 0 Å². The Labute approximate surface area is 114 Å². The minimum atomic E-state index is -1.78. The van der Waals surface area contributed by atoms with Gasteiger partial charge in [-0.1, -0.05) is 0 Å². The van der Waals surface area contributed by atoms with E-state index < -0.39 is 13.8 Å². The van der Waals surface area contributed by atoms with E-state index >= 15 is 0 Å². The van der Waals surface area contributed by atoms with Crippen LogP contribution in [0.2, 0.25) is 10.6 Å². The maximum atomic E-state index is 11.8. The Bertz CT molecular complexity index is 170. The van der Waals surface area contributed by atoms with E-state index in [4.69, 9.17) is 23.2 Å². The van der Waals surface area contributed by atoms with Gasteiger partial charge in [0.15, 0.2) is 0 Å². The molecule has 0 aromatic carbocycles. The summed E-state index contributed by atoms with van der Waals surface area (Å²) in [4.78, 5) is 0. The van der Waals surface area contributed by atoms with Crippen LogP contribution >= 0.6 is 23.2 Å². The third kappa shape index (κ3) is 10.1. The molecule has 0 bridgehead atoms. The van der Waals surface area contributed by atoms with Crippen molar-refractivity contribution in [3.63, 3.8) is 0 Å². The Morgan fingerprint density at radius 3 is 1.62 bits per heavy atom. The molecule has 0 aromatic rings. The average molecular weight is 334 g/mol. The number of rotatable bonds is 10. The van der Waals surface area contributed by atoms with Crippen molar-refractivity contribution in [1.29, 1.82) is 0 Å². The van der Waals surface area contributed by atoms with Gasteiger partial charge in [0, 0.05) is 0 Å². The molecule has 0 rings (SSSR count). The number of unbranched alkanes of at least 4 members (excludes halogenated alkanes) is 2. The second-order valence-electron chi connectivity index (χ2n) is 4.25. The summed E-state index contributed by atoms with van der Waals surface area (Å²) in [6, 6.07) is 0. The number of halogens is 2. The van der Waals surface area contributed by atoms with Gasteiger partial charge in [0.25, 0.3) is 0 Å². The molecule has 0 aromatic heterocycles. The first-order chi connectivity index (χ1) is 7.60. The molecule has 0 aliphatic carbocycles. The first-order valence-electron chi connectivity index (χ1n) is 6.23. The molecule has 0 aliphatic heterocycles. The van der Waals surface area contributed by atoms with Crippen LogP contribution in [0.1, 0.15) is 52.4 Å². The molecular formula is C12H24Cl2OSe. The summed E-state index contributed by atoms with van der Waals surface area (Å²) in [5.74, 6) is 0. The summed E-state index contributed by atoms with van der Waals surface area (Å²) in [5, 5.41) is 1.57. The van der Waals surface area contributed by atoms with E-state index in [0.717, 1.165) is 38.5 Å². The molecule has 1 nitrogen and oxygen atoms in total. The van der Waals surface area contributed by atoms with E-state index in [0.29, 0.717) is 10.6 Å². The predicted molar refractivity (Wildman–Crippen MR) is 74.4 cm³/mol. The van der Waals surface area contributed by atoms with Gasteiger partial charge < -0.3 is 0 Å². The van der Waals surface area contributed by atoms with Crippen molar-refractivity contribution in [3.8, 4) is 0 Å². The maximum absolute atomic E-state index is 11.8. The molecule has 0 aliphatic rings. The summed E-state index contributed by atoms with van der Waals surface area (Å²) < 4.78 is 11.8. The van der Waals surface area contributed by atoms with Crippen LogP contribution in [0.4, 0.5) is 0 Å². The molecule has 98 valence electrons. The van der Waals surface area contributed by atoms with Crippen LogP contribution in [0.15, 0.2) is 0 Å². The van der Waals surface area contributed by atoms with Crippen molar-refractivity contribution < 1.29 is 3.83 Å². The summed E-state index contributed by atoms with van der Waals surface area (Å²) in [6.07, 6.45) is 6.55. The van der Waals surface area contributed by atoms with E-state index in [1.165, 1.54) is 0 Å². The van der Waals surface area contributed by atoms with Gasteiger partial charge in [-0.2, -0.15) is 0 Å². The molecule has 4 heteroatoms. The fourth-order valence-corrected chi connectivity index (χ4v) is 5.94. The summed E-state index contributed by atoms with van der Waals surface area (Å²) in [5.41, 5.74) is 0. The second-order valence-corrected chi connectivity index (χ2v) is 8.73. The van der Waals surface area contributed by atoms with Crippen molar-refractivity contribution in [2.45, 2.75) is 73.8 Å². The second kappa shape index (κ2) is 11.0. The number of alkyl halides is 2. The normalized spacial score (nSPS) is 17.0. The zero-order valence-corrected chi connectivity index (χ0v) is 13.6. The third-order valence-corrected chi connectivity index (χ3v) is 7.30. The van der Waals surface area contributed by atoms with E-state index in [2.05, 4.69) is 13.8 Å². The summed E-state index contributed by atoms with van der Waals surface area (Å²) in [6.45, 7) is 4.29. The molecule has 0 N–H and O–H groups in total. The summed E-state index contributed by atoms with van der Waals surface area (Å²) >= 11 is 10.5. The number of hydrogen-bond acceptors (Lipinski definition) is 1. The van der Waals surface area contributed by atoms with Crippen molar-refractivity contribution in [1.82, 2.24) is 0 Å². The van der Waals surface area contributed by atoms with E-state index in [-0.39, 0.29) is 10.8 Å². The van der Waals surface area contributed by atoms with Crippen LogP contribution in [0.5, 0.6) is 0 Å². The van der Waals surface area contributed by atoms with Gasteiger partial charge in [0.2, 0.25) is 0 Å². The monoisotopic (exact) mass is 334 g/mol. The van der Waals surface area contributed by atoms with E-state index in [9.17, 15) is 3.83 Å². The molecule has 0 amide bonds. The van der Waals surface area contributed by atoms with Gasteiger partial charge in [0.1, 0.15) is 0 Å². The molecule has 0 radical (unpaired) electrons. The Hall–Kier alpha value is 0.899. The third-order valence-electron chi connectivity index (χ3n) is 2.48. The van der Waals surface area contributed by atoms with Crippen LogP contribution < -0.4 is 0 Å². The van der Waals surface area contributed by atoms with Crippen LogP contribution in [0, 0.1) is 0 Å². The molecule has 16 heavy (non-hydrogen) atoms. The quantitative estimate of drug-likeness (QED) is 0.406. The molecule has 0 spiro atoms. The van der Waals surface area contributed by atoms with Crippen molar-refractivity contribution in [3.05, 3.63) is 0 Å². The average Bonchev–Trinajstić information content (AvgIpc) is 2.23. The SMILES string of the molecule is CCCCC(Cl)C[Se](=O)CC(Cl)CCCC. The van der Waals surface area contributed by atoms with Crippen molar-refractivity contribution in [2.24, 2.45) is 0 Å². The van der Waals surface area contributed by atoms with E-state index in [1.54, 1.807) is 0 Å². The molecule has 2 unspecified atom stereocenters. The van der Waals surface area contributed by atoms with Crippen LogP contribution in [-0.2, 0) is 3.83 Å². The fraction of sp³-hybridized carbons (Fsp3) is 1.00. The molecule has 2 atom stereocenters. The van der Waals surface area contributed by atoms with Crippen LogP contribution in [-0.4, -0.2) is 24.6 Å². The zero-order valence-electron chi connectivity index (χ0n) is 10.4. The predicted octanol–water partition coefficient (Wildman–Crippen LogP) is 5.00. The van der Waals surface area contributed by atoms with Gasteiger partial charge >= 0.3 is 115 Å². The first-order valence-corrected chi connectivity index (χ1v) is 10.2. The standard InChI is InChI=1S/C12H24Cl2OSe/c1-3-5-7-11(13)9-16(15)10-12(14)8-6-4-2/h11-12H,3-10H2,1-2H3.